The second-order valence-electron chi connectivity index (χ2n) is 7.31. The number of methoxy groups -OCH3 is 1. The van der Waals surface area contributed by atoms with Gasteiger partial charge in [-0.2, -0.15) is 0 Å². The number of nitrogens with zero attached hydrogens (tertiary/aromatic N) is 1. The minimum absolute atomic E-state index is 0.183. The predicted molar refractivity (Wildman–Crippen MR) is 132 cm³/mol. The van der Waals surface area contributed by atoms with Crippen molar-refractivity contribution in [1.82, 2.24) is 0 Å². The molecular weight excluding hydrogens is 455 g/mol. The largest absolute Gasteiger partial charge is 0.495 e. The van der Waals surface area contributed by atoms with Gasteiger partial charge in [0.05, 0.1) is 12.8 Å². The lowest BCUT2D eigenvalue weighted by Crippen LogP contribution is -2.17. The molecule has 0 spiro atoms. The van der Waals surface area contributed by atoms with Gasteiger partial charge in [-0.05, 0) is 65.7 Å². The number of ether oxygens (including phenoxy) is 1. The highest BCUT2D eigenvalue weighted by Crippen LogP contribution is 2.36. The first-order chi connectivity index (χ1) is 16.5. The van der Waals surface area contributed by atoms with Gasteiger partial charge < -0.3 is 10.1 Å². The van der Waals surface area contributed by atoms with Crippen LogP contribution >= 0.6 is 0 Å². The molecule has 6 nitrogen and oxygen atoms in total. The van der Waals surface area contributed by atoms with Crippen LogP contribution in [0.5, 0.6) is 5.75 Å². The monoisotopic (exact) mass is 476 g/mol. The number of amides is 1. The van der Waals surface area contributed by atoms with E-state index in [4.69, 9.17) is 4.74 Å². The quantitative estimate of drug-likeness (QED) is 0.350. The van der Waals surface area contributed by atoms with Gasteiger partial charge >= 0.3 is 0 Å². The van der Waals surface area contributed by atoms with Gasteiger partial charge in [-0.15, -0.1) is 0 Å². The van der Waals surface area contributed by atoms with E-state index in [-0.39, 0.29) is 23.0 Å². The zero-order chi connectivity index (χ0) is 24.1. The summed E-state index contributed by atoms with van der Waals surface area (Å²) in [5.74, 6) is -0.569. The Morgan fingerprint density at radius 1 is 0.853 bits per heavy atom. The Hall–Kier alpha value is -4.17. The van der Waals surface area contributed by atoms with Crippen molar-refractivity contribution in [3.63, 3.8) is 0 Å². The number of carbonyl (C=O) groups excluding carboxylic acids is 1. The van der Waals surface area contributed by atoms with Crippen LogP contribution in [0.25, 0.3) is 11.1 Å². The first kappa shape index (κ1) is 23.0. The molecule has 0 fully saturated rings. The number of thiol groups is 1. The molecule has 4 rings (SSSR count). The smallest absolute Gasteiger partial charge is 0.255 e. The van der Waals surface area contributed by atoms with Crippen LogP contribution in [-0.4, -0.2) is 21.4 Å². The summed E-state index contributed by atoms with van der Waals surface area (Å²) in [6, 6.07) is 26.7. The van der Waals surface area contributed by atoms with E-state index in [0.717, 1.165) is 15.4 Å². The Bertz CT molecular complexity index is 1360. The van der Waals surface area contributed by atoms with E-state index in [1.165, 1.54) is 37.4 Å². The lowest BCUT2D eigenvalue weighted by molar-refractivity contribution is 0.102. The van der Waals surface area contributed by atoms with E-state index in [1.807, 2.05) is 42.5 Å². The van der Waals surface area contributed by atoms with Crippen molar-refractivity contribution in [2.24, 2.45) is 0 Å². The van der Waals surface area contributed by atoms with Crippen molar-refractivity contribution in [3.05, 3.63) is 108 Å². The van der Waals surface area contributed by atoms with Crippen LogP contribution in [0.3, 0.4) is 0 Å². The lowest BCUT2D eigenvalue weighted by Gasteiger charge is -2.21. The van der Waals surface area contributed by atoms with Crippen LogP contribution in [-0.2, 0) is 10.9 Å². The third kappa shape index (κ3) is 5.07. The highest BCUT2D eigenvalue weighted by molar-refractivity contribution is 7.74. The van der Waals surface area contributed by atoms with Crippen molar-refractivity contribution in [3.8, 4) is 16.9 Å². The molecule has 0 unspecified atom stereocenters. The second-order valence-corrected chi connectivity index (χ2v) is 8.19. The van der Waals surface area contributed by atoms with Gasteiger partial charge in [-0.3, -0.25) is 4.79 Å². The summed E-state index contributed by atoms with van der Waals surface area (Å²) < 4.78 is 43.8. The number of rotatable bonds is 7. The average molecular weight is 477 g/mol. The van der Waals surface area contributed by atoms with E-state index in [9.17, 15) is 17.6 Å². The van der Waals surface area contributed by atoms with Gasteiger partial charge in [0.2, 0.25) is 10.9 Å². The van der Waals surface area contributed by atoms with Gasteiger partial charge in [0.15, 0.2) is 0 Å². The molecule has 0 saturated carbocycles. The summed E-state index contributed by atoms with van der Waals surface area (Å²) in [5.41, 5.74) is 3.26. The fraction of sp³-hybridized carbons (Fsp3) is 0.0385. The second kappa shape index (κ2) is 10.2. The van der Waals surface area contributed by atoms with Crippen LogP contribution in [0, 0.1) is 5.82 Å². The Morgan fingerprint density at radius 2 is 1.50 bits per heavy atom. The van der Waals surface area contributed by atoms with E-state index < -0.39 is 16.7 Å². The van der Waals surface area contributed by atoms with E-state index in [1.54, 1.807) is 24.3 Å². The van der Waals surface area contributed by atoms with Crippen LogP contribution < -0.4 is 14.4 Å². The Labute approximate surface area is 198 Å². The van der Waals surface area contributed by atoms with E-state index in [2.05, 4.69) is 5.32 Å². The number of halogens is 1. The summed E-state index contributed by atoms with van der Waals surface area (Å²) >= 11 is 0. The first-order valence-corrected chi connectivity index (χ1v) is 11.4. The molecule has 34 heavy (non-hydrogen) atoms. The number of benzene rings is 4. The molecule has 0 aliphatic heterocycles. The van der Waals surface area contributed by atoms with Gasteiger partial charge in [0.25, 0.3) is 5.91 Å². The molecule has 0 bridgehead atoms. The maximum Gasteiger partial charge on any atom is 0.255 e. The Kier molecular flexibility index (Phi) is 6.89. The predicted octanol–water partition coefficient (Wildman–Crippen LogP) is 5.42. The normalized spacial score (nSPS) is 10.7. The van der Waals surface area contributed by atoms with Crippen molar-refractivity contribution >= 4 is 33.9 Å². The molecule has 4 aromatic carbocycles. The van der Waals surface area contributed by atoms with Crippen molar-refractivity contribution in [2.75, 3.05) is 16.7 Å². The summed E-state index contributed by atoms with van der Waals surface area (Å²) in [5, 5.41) is 2.79. The van der Waals surface area contributed by atoms with Crippen LogP contribution in [0.4, 0.5) is 21.5 Å². The maximum absolute atomic E-state index is 13.3. The number of nitrogens with one attached hydrogen (secondary N) is 1. The molecule has 0 heterocycles. The number of hydrogen-bond donors (Lipinski definition) is 2. The maximum atomic E-state index is 13.3. The highest BCUT2D eigenvalue weighted by atomic mass is 32.2. The summed E-state index contributed by atoms with van der Waals surface area (Å²) in [6.45, 7) is 0. The standard InChI is InChI=1S/C26H21FN2O4S/c1-33-25-16-13-22(17-24(25)29(34(31)32)23-14-11-21(27)12-15-23)28-26(30)20-9-7-19(8-10-20)18-5-3-2-4-6-18/h2-17,34H,1H3,(H,28,30). The number of carbonyl (C=O) groups is 1. The van der Waals surface area contributed by atoms with Crippen LogP contribution in [0.1, 0.15) is 10.4 Å². The summed E-state index contributed by atoms with van der Waals surface area (Å²) in [6.07, 6.45) is 0. The SMILES string of the molecule is COc1ccc(NC(=O)c2ccc(-c3ccccc3)cc2)cc1N(c1ccc(F)cc1)[SH](=O)=O. The molecule has 0 aliphatic carbocycles. The van der Waals surface area contributed by atoms with E-state index in [0.29, 0.717) is 11.3 Å². The minimum atomic E-state index is -3.13. The average Bonchev–Trinajstić information content (AvgIpc) is 2.86. The number of anilines is 3. The topological polar surface area (TPSA) is 75.7 Å². The molecule has 0 radical (unpaired) electrons. The zero-order valence-corrected chi connectivity index (χ0v) is 19.0. The molecule has 8 heteroatoms. The van der Waals surface area contributed by atoms with Crippen LogP contribution in [0.2, 0.25) is 0 Å². The third-order valence-corrected chi connectivity index (χ3v) is 5.93. The third-order valence-electron chi connectivity index (χ3n) is 5.15. The van der Waals surface area contributed by atoms with Crippen molar-refractivity contribution in [2.45, 2.75) is 0 Å². The Morgan fingerprint density at radius 3 is 2.12 bits per heavy atom. The van der Waals surface area contributed by atoms with Gasteiger partial charge in [0.1, 0.15) is 17.3 Å². The summed E-state index contributed by atoms with van der Waals surface area (Å²) in [4.78, 5) is 12.8. The molecule has 0 saturated heterocycles. The zero-order valence-electron chi connectivity index (χ0n) is 18.1. The minimum Gasteiger partial charge on any atom is -0.495 e. The van der Waals surface area contributed by atoms with Gasteiger partial charge in [0, 0.05) is 11.3 Å². The Balaban J connectivity index is 1.61. The fourth-order valence-corrected chi connectivity index (χ4v) is 4.14. The molecule has 4 aromatic rings. The molecule has 0 aromatic heterocycles. The lowest BCUT2D eigenvalue weighted by atomic mass is 10.0. The van der Waals surface area contributed by atoms with Gasteiger partial charge in [-0.1, -0.05) is 42.5 Å². The molecule has 1 amide bonds. The highest BCUT2D eigenvalue weighted by Gasteiger charge is 2.18. The van der Waals surface area contributed by atoms with Crippen molar-refractivity contribution < 1.29 is 22.3 Å². The molecule has 0 atom stereocenters. The molecular formula is C26H21FN2O4S. The number of hydrogen-bond acceptors (Lipinski definition) is 4. The molecule has 172 valence electrons. The van der Waals surface area contributed by atoms with Crippen molar-refractivity contribution in [1.29, 1.82) is 0 Å². The molecule has 0 aliphatic rings. The fourth-order valence-electron chi connectivity index (χ4n) is 3.48. The summed E-state index contributed by atoms with van der Waals surface area (Å²) in [7, 11) is -1.72. The van der Waals surface area contributed by atoms with Gasteiger partial charge in [-0.25, -0.2) is 17.1 Å². The first-order valence-electron chi connectivity index (χ1n) is 10.3. The van der Waals surface area contributed by atoms with Crippen LogP contribution in [0.15, 0.2) is 97.1 Å². The van der Waals surface area contributed by atoms with E-state index >= 15 is 0 Å². The molecule has 1 N–H and O–H groups in total.